The number of hydrogen-bond donors (Lipinski definition) is 3. The van der Waals surface area contributed by atoms with Gasteiger partial charge in [-0.25, -0.2) is 4.79 Å². The fourth-order valence-electron chi connectivity index (χ4n) is 2.82. The first kappa shape index (κ1) is 11.7. The average Bonchev–Trinajstić information content (AvgIpc) is 3.01. The van der Waals surface area contributed by atoms with E-state index in [2.05, 4.69) is 0 Å². The molecule has 4 N–H and O–H groups in total. The number of carbonyl (C=O) groups is 2. The van der Waals surface area contributed by atoms with Crippen molar-refractivity contribution >= 4 is 11.9 Å². The fourth-order valence-corrected chi connectivity index (χ4v) is 2.82. The summed E-state index contributed by atoms with van der Waals surface area (Å²) < 4.78 is 0. The van der Waals surface area contributed by atoms with Crippen LogP contribution in [0.15, 0.2) is 23.4 Å². The molecule has 0 amide bonds. The van der Waals surface area contributed by atoms with Crippen LogP contribution in [0.2, 0.25) is 0 Å². The van der Waals surface area contributed by atoms with Crippen molar-refractivity contribution in [2.75, 3.05) is 0 Å². The Hall–Kier alpha value is -1.78. The molecule has 5 nitrogen and oxygen atoms in total. The fraction of sp³-hybridized carbons (Fsp3) is 0.500. The third-order valence-electron chi connectivity index (χ3n) is 3.89. The molecule has 0 bridgehead atoms. The van der Waals surface area contributed by atoms with E-state index in [1.54, 1.807) is 6.92 Å². The smallest absolute Gasteiger partial charge is 0.331 e. The molecule has 2 aliphatic carbocycles. The minimum Gasteiger partial charge on any atom is -0.481 e. The van der Waals surface area contributed by atoms with E-state index in [4.69, 9.17) is 10.8 Å². The number of carboxylic acids is 2. The molecular formula is C12H15NO4. The Balaban J connectivity index is 2.53. The predicted octanol–water partition coefficient (Wildman–Crippen LogP) is 0.971. The zero-order valence-electron chi connectivity index (χ0n) is 9.51. The third-order valence-corrected chi connectivity index (χ3v) is 3.89. The molecule has 2 atom stereocenters. The Morgan fingerprint density at radius 3 is 2.35 bits per heavy atom. The van der Waals surface area contributed by atoms with Crippen LogP contribution in [0.4, 0.5) is 0 Å². The van der Waals surface area contributed by atoms with Gasteiger partial charge in [-0.2, -0.15) is 0 Å². The molecule has 0 aliphatic heterocycles. The van der Waals surface area contributed by atoms with Crippen LogP contribution in [0.3, 0.4) is 0 Å². The van der Waals surface area contributed by atoms with E-state index < -0.39 is 23.3 Å². The highest BCUT2D eigenvalue weighted by Gasteiger charge is 2.58. The highest BCUT2D eigenvalue weighted by Crippen LogP contribution is 2.56. The van der Waals surface area contributed by atoms with Crippen molar-refractivity contribution in [2.45, 2.75) is 19.8 Å². The molecule has 0 aromatic heterocycles. The molecule has 17 heavy (non-hydrogen) atoms. The molecule has 0 aromatic carbocycles. The second-order valence-electron chi connectivity index (χ2n) is 4.72. The van der Waals surface area contributed by atoms with Gasteiger partial charge in [-0.3, -0.25) is 4.79 Å². The molecule has 2 rings (SSSR count). The molecule has 2 unspecified atom stereocenters. The van der Waals surface area contributed by atoms with E-state index in [0.29, 0.717) is 0 Å². The predicted molar refractivity (Wildman–Crippen MR) is 59.9 cm³/mol. The van der Waals surface area contributed by atoms with Gasteiger partial charge in [-0.1, -0.05) is 6.92 Å². The van der Waals surface area contributed by atoms with Gasteiger partial charge in [0, 0.05) is 17.2 Å². The van der Waals surface area contributed by atoms with E-state index >= 15 is 0 Å². The molecule has 0 saturated heterocycles. The van der Waals surface area contributed by atoms with Gasteiger partial charge in [-0.15, -0.1) is 0 Å². The van der Waals surface area contributed by atoms with Crippen molar-refractivity contribution < 1.29 is 19.8 Å². The van der Waals surface area contributed by atoms with Crippen LogP contribution in [0.1, 0.15) is 19.8 Å². The first-order chi connectivity index (χ1) is 7.92. The van der Waals surface area contributed by atoms with Crippen molar-refractivity contribution in [3.63, 3.8) is 0 Å². The maximum absolute atomic E-state index is 11.6. The number of carboxylic acid groups (broad SMARTS) is 2. The zero-order chi connectivity index (χ0) is 12.8. The summed E-state index contributed by atoms with van der Waals surface area (Å²) in [6, 6.07) is 0. The van der Waals surface area contributed by atoms with Crippen LogP contribution < -0.4 is 5.73 Å². The standard InChI is InChI=1S/C12H15NO4/c1-6-8(10(14)15)4-5-9(13)12(6,11(16)17)7-2-3-7/h4-7H,2-3,13H2,1H3,(H,14,15)(H,16,17). The quantitative estimate of drug-likeness (QED) is 0.679. The molecule has 1 saturated carbocycles. The Morgan fingerprint density at radius 1 is 1.35 bits per heavy atom. The van der Waals surface area contributed by atoms with E-state index in [-0.39, 0.29) is 17.2 Å². The summed E-state index contributed by atoms with van der Waals surface area (Å²) in [6.45, 7) is 1.63. The van der Waals surface area contributed by atoms with E-state index in [1.807, 2.05) is 0 Å². The summed E-state index contributed by atoms with van der Waals surface area (Å²) in [4.78, 5) is 22.7. The second-order valence-corrected chi connectivity index (χ2v) is 4.72. The molecule has 1 fully saturated rings. The van der Waals surface area contributed by atoms with E-state index in [9.17, 15) is 14.7 Å². The summed E-state index contributed by atoms with van der Waals surface area (Å²) in [7, 11) is 0. The first-order valence-corrected chi connectivity index (χ1v) is 5.56. The molecule has 0 aromatic rings. The van der Waals surface area contributed by atoms with Gasteiger partial charge in [0.1, 0.15) is 5.41 Å². The first-order valence-electron chi connectivity index (χ1n) is 5.56. The number of rotatable bonds is 3. The number of hydrogen-bond acceptors (Lipinski definition) is 3. The minimum absolute atomic E-state index is 0.0469. The SMILES string of the molecule is CC1C(C(=O)O)=CC=C(N)C1(C(=O)O)C1CC1. The average molecular weight is 237 g/mol. The topological polar surface area (TPSA) is 101 Å². The molecule has 0 radical (unpaired) electrons. The van der Waals surface area contributed by atoms with Gasteiger partial charge in [-0.05, 0) is 30.9 Å². The number of nitrogens with two attached hydrogens (primary N) is 1. The van der Waals surface area contributed by atoms with Gasteiger partial charge in [0.2, 0.25) is 0 Å². The lowest BCUT2D eigenvalue weighted by molar-refractivity contribution is -0.150. The molecule has 2 aliphatic rings. The third kappa shape index (κ3) is 1.45. The van der Waals surface area contributed by atoms with E-state index in [1.165, 1.54) is 12.2 Å². The van der Waals surface area contributed by atoms with Crippen LogP contribution in [-0.4, -0.2) is 22.2 Å². The second kappa shape index (κ2) is 3.61. The number of aliphatic carboxylic acids is 2. The normalized spacial score (nSPS) is 32.6. The lowest BCUT2D eigenvalue weighted by Gasteiger charge is -2.38. The molecule has 0 heterocycles. The Morgan fingerprint density at radius 2 is 1.94 bits per heavy atom. The van der Waals surface area contributed by atoms with Gasteiger partial charge in [0.15, 0.2) is 0 Å². The Labute approximate surface area is 98.6 Å². The van der Waals surface area contributed by atoms with Gasteiger partial charge in [0.05, 0.1) is 0 Å². The summed E-state index contributed by atoms with van der Waals surface area (Å²) in [6.07, 6.45) is 4.41. The highest BCUT2D eigenvalue weighted by molar-refractivity contribution is 5.92. The minimum atomic E-state index is -1.23. The van der Waals surface area contributed by atoms with Gasteiger partial charge < -0.3 is 15.9 Å². The van der Waals surface area contributed by atoms with Crippen molar-refractivity contribution in [1.29, 1.82) is 0 Å². The van der Waals surface area contributed by atoms with Crippen LogP contribution in [0.25, 0.3) is 0 Å². The van der Waals surface area contributed by atoms with Crippen LogP contribution >= 0.6 is 0 Å². The summed E-state index contributed by atoms with van der Waals surface area (Å²) in [5, 5.41) is 18.6. The lowest BCUT2D eigenvalue weighted by Crippen LogP contribution is -2.47. The van der Waals surface area contributed by atoms with E-state index in [0.717, 1.165) is 12.8 Å². The maximum atomic E-state index is 11.6. The van der Waals surface area contributed by atoms with Crippen molar-refractivity contribution in [3.05, 3.63) is 23.4 Å². The largest absolute Gasteiger partial charge is 0.481 e. The van der Waals surface area contributed by atoms with Crippen LogP contribution in [-0.2, 0) is 9.59 Å². The molecule has 5 heteroatoms. The molecule has 92 valence electrons. The monoisotopic (exact) mass is 237 g/mol. The van der Waals surface area contributed by atoms with Crippen LogP contribution in [0.5, 0.6) is 0 Å². The lowest BCUT2D eigenvalue weighted by atomic mass is 9.64. The summed E-state index contributed by atoms with van der Waals surface area (Å²) >= 11 is 0. The Kier molecular flexibility index (Phi) is 2.49. The molecular weight excluding hydrogens is 222 g/mol. The number of allylic oxidation sites excluding steroid dienone is 2. The van der Waals surface area contributed by atoms with Gasteiger partial charge in [0.25, 0.3) is 0 Å². The Bertz CT molecular complexity index is 447. The summed E-state index contributed by atoms with van der Waals surface area (Å²) in [5.41, 5.74) is 5.01. The van der Waals surface area contributed by atoms with Crippen molar-refractivity contribution in [3.8, 4) is 0 Å². The zero-order valence-corrected chi connectivity index (χ0v) is 9.51. The summed E-state index contributed by atoms with van der Waals surface area (Å²) in [5.74, 6) is -2.75. The van der Waals surface area contributed by atoms with Gasteiger partial charge >= 0.3 is 11.9 Å². The van der Waals surface area contributed by atoms with Crippen LogP contribution in [0, 0.1) is 17.3 Å². The molecule has 0 spiro atoms. The maximum Gasteiger partial charge on any atom is 0.331 e. The van der Waals surface area contributed by atoms with Crippen molar-refractivity contribution in [2.24, 2.45) is 23.0 Å². The highest BCUT2D eigenvalue weighted by atomic mass is 16.4. The van der Waals surface area contributed by atoms with Crippen molar-refractivity contribution in [1.82, 2.24) is 0 Å².